The lowest BCUT2D eigenvalue weighted by molar-refractivity contribution is 0.322. The maximum Gasteiger partial charge on any atom is 0.0708 e. The van der Waals surface area contributed by atoms with Crippen LogP contribution in [0.5, 0.6) is 0 Å². The van der Waals surface area contributed by atoms with E-state index in [1.54, 1.807) is 0 Å². The van der Waals surface area contributed by atoms with E-state index in [1.807, 2.05) is 70.6 Å². The van der Waals surface area contributed by atoms with Gasteiger partial charge in [0.2, 0.25) is 0 Å². The standard InChI is InChI=1S/C26H44O2S6/c1-3-5-7-9-11-13-15-21-23(29-19-17-27)33-25(31-21)26-32-22(24(34-26)30-20-18-28)16-14-12-10-8-6-4-2/h27-28H,3-20H2,1-2H3/b26-25+. The normalized spacial score (nSPS) is 18.7. The summed E-state index contributed by atoms with van der Waals surface area (Å²) in [5.74, 6) is 1.57. The SMILES string of the molecule is CCCCCCCCC1=C(SCCO)S/C(=C2\SC(CCCCCCCC)=C(SCCO)S2)S1. The van der Waals surface area contributed by atoms with Crippen LogP contribution in [0.1, 0.15) is 104 Å². The minimum absolute atomic E-state index is 0.241. The second-order valence-corrected chi connectivity index (χ2v) is 16.1. The Morgan fingerprint density at radius 2 is 0.912 bits per heavy atom. The Morgan fingerprint density at radius 3 is 1.29 bits per heavy atom. The topological polar surface area (TPSA) is 40.5 Å². The molecule has 0 amide bonds. The van der Waals surface area contributed by atoms with Crippen molar-refractivity contribution >= 4 is 70.6 Å². The van der Waals surface area contributed by atoms with E-state index < -0.39 is 0 Å². The predicted molar refractivity (Wildman–Crippen MR) is 167 cm³/mol. The Morgan fingerprint density at radius 1 is 0.529 bits per heavy atom. The monoisotopic (exact) mass is 580 g/mol. The van der Waals surface area contributed by atoms with Crippen LogP contribution in [0, 0.1) is 0 Å². The maximum absolute atomic E-state index is 9.38. The van der Waals surface area contributed by atoms with Crippen molar-refractivity contribution in [2.45, 2.75) is 104 Å². The lowest BCUT2D eigenvalue weighted by atomic mass is 10.1. The van der Waals surface area contributed by atoms with Crippen molar-refractivity contribution in [1.29, 1.82) is 0 Å². The van der Waals surface area contributed by atoms with E-state index in [0.29, 0.717) is 0 Å². The van der Waals surface area contributed by atoms with E-state index in [-0.39, 0.29) is 13.2 Å². The van der Waals surface area contributed by atoms with Gasteiger partial charge in [-0.25, -0.2) is 0 Å². The number of aliphatic hydroxyl groups excluding tert-OH is 2. The van der Waals surface area contributed by atoms with E-state index >= 15 is 0 Å². The number of rotatable bonds is 20. The van der Waals surface area contributed by atoms with Crippen LogP contribution in [-0.4, -0.2) is 34.9 Å². The lowest BCUT2D eigenvalue weighted by Gasteiger charge is -2.05. The van der Waals surface area contributed by atoms with Crippen LogP contribution in [0.2, 0.25) is 0 Å². The van der Waals surface area contributed by atoms with Gasteiger partial charge in [-0.3, -0.25) is 0 Å². The third-order valence-electron chi connectivity index (χ3n) is 5.59. The number of allylic oxidation sites excluding steroid dienone is 2. The largest absolute Gasteiger partial charge is 0.396 e. The molecule has 2 aliphatic rings. The number of hydrogen-bond donors (Lipinski definition) is 2. The maximum atomic E-state index is 9.38. The molecule has 2 aliphatic heterocycles. The van der Waals surface area contributed by atoms with Gasteiger partial charge in [-0.15, -0.1) is 23.5 Å². The Kier molecular flexibility index (Phi) is 18.7. The molecule has 2 N–H and O–H groups in total. The zero-order chi connectivity index (χ0) is 24.4. The zero-order valence-corrected chi connectivity index (χ0v) is 26.0. The molecule has 0 fully saturated rings. The van der Waals surface area contributed by atoms with Crippen molar-refractivity contribution in [3.8, 4) is 0 Å². The summed E-state index contributed by atoms with van der Waals surface area (Å²) in [6, 6.07) is 0. The molecule has 0 bridgehead atoms. The molecule has 8 heteroatoms. The number of unbranched alkanes of at least 4 members (excludes halogenated alkanes) is 10. The smallest absolute Gasteiger partial charge is 0.0708 e. The fourth-order valence-electron chi connectivity index (χ4n) is 3.73. The molecule has 0 aromatic carbocycles. The highest BCUT2D eigenvalue weighted by atomic mass is 32.2. The molecule has 34 heavy (non-hydrogen) atoms. The van der Waals surface area contributed by atoms with E-state index in [9.17, 15) is 10.2 Å². The van der Waals surface area contributed by atoms with Crippen molar-refractivity contribution in [3.63, 3.8) is 0 Å². The van der Waals surface area contributed by atoms with Crippen molar-refractivity contribution < 1.29 is 10.2 Å². The Balaban J connectivity index is 1.94. The first-order chi connectivity index (χ1) is 16.7. The van der Waals surface area contributed by atoms with Gasteiger partial charge in [-0.2, -0.15) is 0 Å². The highest BCUT2D eigenvalue weighted by molar-refractivity contribution is 8.40. The summed E-state index contributed by atoms with van der Waals surface area (Å²) in [6.45, 7) is 5.03. The van der Waals surface area contributed by atoms with Crippen molar-refractivity contribution in [1.82, 2.24) is 0 Å². The minimum Gasteiger partial charge on any atom is -0.396 e. The Labute approximate surface area is 234 Å². The third kappa shape index (κ3) is 12.2. The number of hydrogen-bond acceptors (Lipinski definition) is 8. The summed E-state index contributed by atoms with van der Waals surface area (Å²) in [7, 11) is 0. The molecular formula is C26H44O2S6. The van der Waals surface area contributed by atoms with Gasteiger partial charge in [-0.05, 0) is 25.7 Å². The molecule has 0 aromatic rings. The molecule has 0 saturated heterocycles. The minimum atomic E-state index is 0.241. The van der Waals surface area contributed by atoms with Gasteiger partial charge >= 0.3 is 0 Å². The number of aliphatic hydroxyl groups is 2. The molecule has 2 heterocycles. The average molecular weight is 581 g/mol. The summed E-state index contributed by atoms with van der Waals surface area (Å²) < 4.78 is 5.73. The number of thioether (sulfide) groups is 6. The van der Waals surface area contributed by atoms with Gasteiger partial charge in [0, 0.05) is 21.3 Å². The van der Waals surface area contributed by atoms with Crippen LogP contribution in [0.3, 0.4) is 0 Å². The Hall–Kier alpha value is 1.24. The summed E-state index contributed by atoms with van der Waals surface area (Å²) in [5.41, 5.74) is 0. The highest BCUT2D eigenvalue weighted by Crippen LogP contribution is 2.64. The molecule has 196 valence electrons. The van der Waals surface area contributed by atoms with Crippen LogP contribution in [0.15, 0.2) is 26.8 Å². The van der Waals surface area contributed by atoms with E-state index in [4.69, 9.17) is 0 Å². The average Bonchev–Trinajstić information content (AvgIpc) is 3.44. The van der Waals surface area contributed by atoms with Crippen molar-refractivity contribution in [3.05, 3.63) is 26.8 Å². The van der Waals surface area contributed by atoms with Crippen LogP contribution < -0.4 is 0 Å². The molecular weight excluding hydrogens is 537 g/mol. The van der Waals surface area contributed by atoms with Crippen LogP contribution in [-0.2, 0) is 0 Å². The molecule has 2 nitrogen and oxygen atoms in total. The van der Waals surface area contributed by atoms with Gasteiger partial charge in [0.25, 0.3) is 0 Å². The molecule has 0 aromatic heterocycles. The third-order valence-corrected chi connectivity index (χ3v) is 14.4. The van der Waals surface area contributed by atoms with Gasteiger partial charge < -0.3 is 10.2 Å². The lowest BCUT2D eigenvalue weighted by Crippen LogP contribution is -1.86. The first-order valence-corrected chi connectivity index (χ1v) is 18.4. The van der Waals surface area contributed by atoms with E-state index in [0.717, 1.165) is 11.5 Å². The summed E-state index contributed by atoms with van der Waals surface area (Å²) in [4.78, 5) is 3.05. The van der Waals surface area contributed by atoms with Crippen molar-refractivity contribution in [2.75, 3.05) is 24.7 Å². The van der Waals surface area contributed by atoms with Gasteiger partial charge in [-0.1, -0.05) is 125 Å². The predicted octanol–water partition coefficient (Wildman–Crippen LogP) is 10.4. The van der Waals surface area contributed by atoms with Crippen LogP contribution in [0.25, 0.3) is 0 Å². The molecule has 0 radical (unpaired) electrons. The molecule has 2 rings (SSSR count). The first-order valence-electron chi connectivity index (χ1n) is 13.1. The second-order valence-electron chi connectivity index (χ2n) is 8.58. The first kappa shape index (κ1) is 31.5. The van der Waals surface area contributed by atoms with Crippen LogP contribution in [0.4, 0.5) is 0 Å². The second kappa shape index (κ2) is 20.2. The fourth-order valence-corrected chi connectivity index (χ4v) is 12.3. The summed E-state index contributed by atoms with van der Waals surface area (Å²) in [5, 5.41) is 18.8. The van der Waals surface area contributed by atoms with E-state index in [1.165, 1.54) is 117 Å². The highest BCUT2D eigenvalue weighted by Gasteiger charge is 2.29. The Bertz CT molecular complexity index is 618. The molecule has 0 spiro atoms. The molecule has 0 atom stereocenters. The van der Waals surface area contributed by atoms with Crippen LogP contribution >= 0.6 is 70.6 Å². The van der Waals surface area contributed by atoms with Crippen molar-refractivity contribution in [2.24, 2.45) is 0 Å². The fraction of sp³-hybridized carbons (Fsp3) is 0.769. The van der Waals surface area contributed by atoms with Gasteiger partial charge in [0.15, 0.2) is 0 Å². The molecule has 0 saturated carbocycles. The van der Waals surface area contributed by atoms with Gasteiger partial charge in [0.1, 0.15) is 0 Å². The van der Waals surface area contributed by atoms with Gasteiger partial charge in [0.05, 0.1) is 30.2 Å². The molecule has 0 aliphatic carbocycles. The summed E-state index contributed by atoms with van der Waals surface area (Å²) in [6.07, 6.45) is 18.3. The zero-order valence-electron chi connectivity index (χ0n) is 21.1. The molecule has 0 unspecified atom stereocenters. The summed E-state index contributed by atoms with van der Waals surface area (Å²) >= 11 is 11.5. The van der Waals surface area contributed by atoms with E-state index in [2.05, 4.69) is 13.8 Å². The quantitative estimate of drug-likeness (QED) is 0.138.